The van der Waals surface area contributed by atoms with Gasteiger partial charge in [-0.2, -0.15) is 0 Å². The lowest BCUT2D eigenvalue weighted by Gasteiger charge is -2.12. The summed E-state index contributed by atoms with van der Waals surface area (Å²) in [5.74, 6) is 0.752. The number of benzene rings is 3. The highest BCUT2D eigenvalue weighted by Gasteiger charge is 2.09. The van der Waals surface area contributed by atoms with Gasteiger partial charge in [-0.3, -0.25) is 4.99 Å². The van der Waals surface area contributed by atoms with Crippen LogP contribution in [0.3, 0.4) is 0 Å². The summed E-state index contributed by atoms with van der Waals surface area (Å²) in [6.45, 7) is 2.59. The molecule has 5 heteroatoms. The zero-order chi connectivity index (χ0) is 19.2. The highest BCUT2D eigenvalue weighted by atomic mass is 79.9. The number of aliphatic imine (C=N–C) groups is 1. The molecule has 0 aliphatic rings. The maximum absolute atomic E-state index is 6.07. The monoisotopic (exact) mass is 505 g/mol. The molecule has 0 heterocycles. The Morgan fingerprint density at radius 1 is 0.963 bits per heavy atom. The van der Waals surface area contributed by atoms with Gasteiger partial charge in [0.25, 0.3) is 0 Å². The van der Waals surface area contributed by atoms with Gasteiger partial charge in [-0.15, -0.1) is 0 Å². The summed E-state index contributed by atoms with van der Waals surface area (Å²) in [5.41, 5.74) is 4.15. The molecule has 0 saturated heterocycles. The van der Waals surface area contributed by atoms with Gasteiger partial charge in [0.15, 0.2) is 0 Å². The summed E-state index contributed by atoms with van der Waals surface area (Å²) in [6, 6.07) is 19.8. The standard InChI is InChI=1S/C22H18Br2ClNO/c1-2-15-5-9-20(10-6-15)26-13-17-11-18(23)12-21(24)22(17)27-14-16-3-7-19(25)8-4-16/h3-13H,2,14H2,1H3. The lowest BCUT2D eigenvalue weighted by atomic mass is 10.1. The van der Waals surface area contributed by atoms with E-state index in [9.17, 15) is 0 Å². The topological polar surface area (TPSA) is 21.6 Å². The first-order valence-electron chi connectivity index (χ1n) is 8.54. The van der Waals surface area contributed by atoms with Crippen molar-refractivity contribution in [2.24, 2.45) is 4.99 Å². The second-order valence-electron chi connectivity index (χ2n) is 6.00. The molecular formula is C22H18Br2ClNO. The molecule has 0 saturated carbocycles. The van der Waals surface area contributed by atoms with E-state index < -0.39 is 0 Å². The van der Waals surface area contributed by atoms with Crippen molar-refractivity contribution >= 4 is 55.4 Å². The van der Waals surface area contributed by atoms with Crippen LogP contribution >= 0.6 is 43.5 Å². The Hall–Kier alpha value is -1.62. The van der Waals surface area contributed by atoms with Crippen LogP contribution in [0.2, 0.25) is 5.02 Å². The third-order valence-corrected chi connectivity index (χ3v) is 5.33. The fourth-order valence-corrected chi connectivity index (χ4v) is 4.03. The Kier molecular flexibility index (Phi) is 7.11. The van der Waals surface area contributed by atoms with E-state index in [4.69, 9.17) is 16.3 Å². The van der Waals surface area contributed by atoms with E-state index in [0.717, 1.165) is 37.9 Å². The second kappa shape index (κ2) is 9.54. The van der Waals surface area contributed by atoms with Crippen LogP contribution in [0.4, 0.5) is 5.69 Å². The number of hydrogen-bond acceptors (Lipinski definition) is 2. The zero-order valence-electron chi connectivity index (χ0n) is 14.8. The smallest absolute Gasteiger partial charge is 0.142 e. The van der Waals surface area contributed by atoms with E-state index in [-0.39, 0.29) is 0 Å². The summed E-state index contributed by atoms with van der Waals surface area (Å²) in [6.07, 6.45) is 2.85. The van der Waals surface area contributed by atoms with Gasteiger partial charge in [-0.1, -0.05) is 58.7 Å². The van der Waals surface area contributed by atoms with Gasteiger partial charge in [-0.25, -0.2) is 0 Å². The molecule has 0 atom stereocenters. The molecule has 0 aromatic heterocycles. The Balaban J connectivity index is 1.82. The minimum atomic E-state index is 0.448. The average Bonchev–Trinajstić information content (AvgIpc) is 2.67. The van der Waals surface area contributed by atoms with Crippen molar-refractivity contribution in [3.8, 4) is 5.75 Å². The van der Waals surface area contributed by atoms with E-state index >= 15 is 0 Å². The highest BCUT2D eigenvalue weighted by Crippen LogP contribution is 2.33. The summed E-state index contributed by atoms with van der Waals surface area (Å²) < 4.78 is 7.90. The van der Waals surface area contributed by atoms with Crippen molar-refractivity contribution in [3.63, 3.8) is 0 Å². The van der Waals surface area contributed by atoms with Crippen molar-refractivity contribution < 1.29 is 4.74 Å². The van der Waals surface area contributed by atoms with Crippen LogP contribution in [0.25, 0.3) is 0 Å². The van der Waals surface area contributed by atoms with Crippen LogP contribution in [-0.2, 0) is 13.0 Å². The predicted octanol–water partition coefficient (Wildman–Crippen LogP) is 7.76. The van der Waals surface area contributed by atoms with Crippen LogP contribution < -0.4 is 4.74 Å². The largest absolute Gasteiger partial charge is 0.487 e. The van der Waals surface area contributed by atoms with Gasteiger partial charge in [-0.05, 0) is 69.9 Å². The minimum Gasteiger partial charge on any atom is -0.487 e. The first kappa shape index (κ1) is 20.1. The predicted molar refractivity (Wildman–Crippen MR) is 121 cm³/mol. The van der Waals surface area contributed by atoms with Gasteiger partial charge in [0.1, 0.15) is 12.4 Å². The molecule has 0 bridgehead atoms. The molecule has 0 unspecified atom stereocenters. The number of halogens is 3. The molecule has 0 spiro atoms. The quantitative estimate of drug-likeness (QED) is 0.313. The molecule has 0 N–H and O–H groups in total. The first-order chi connectivity index (χ1) is 13.0. The van der Waals surface area contributed by atoms with Gasteiger partial charge in [0.2, 0.25) is 0 Å². The Morgan fingerprint density at radius 3 is 2.30 bits per heavy atom. The molecule has 3 aromatic rings. The molecule has 3 rings (SSSR count). The highest BCUT2D eigenvalue weighted by molar-refractivity contribution is 9.11. The van der Waals surface area contributed by atoms with Gasteiger partial charge < -0.3 is 4.74 Å². The van der Waals surface area contributed by atoms with Crippen molar-refractivity contribution in [2.75, 3.05) is 0 Å². The van der Waals surface area contributed by atoms with Crippen LogP contribution in [0.15, 0.2) is 74.6 Å². The van der Waals surface area contributed by atoms with Crippen LogP contribution in [0.5, 0.6) is 5.75 Å². The van der Waals surface area contributed by atoms with Gasteiger partial charge >= 0.3 is 0 Å². The van der Waals surface area contributed by atoms with E-state index in [1.807, 2.05) is 54.7 Å². The van der Waals surface area contributed by atoms with Crippen molar-refractivity contribution in [1.82, 2.24) is 0 Å². The third-order valence-electron chi connectivity index (χ3n) is 4.03. The average molecular weight is 508 g/mol. The number of rotatable bonds is 6. The Morgan fingerprint density at radius 2 is 1.63 bits per heavy atom. The van der Waals surface area contributed by atoms with Crippen molar-refractivity contribution in [3.05, 3.63) is 91.3 Å². The fourth-order valence-electron chi connectivity index (χ4n) is 2.53. The molecule has 0 radical (unpaired) electrons. The van der Waals surface area contributed by atoms with Crippen molar-refractivity contribution in [2.45, 2.75) is 20.0 Å². The Bertz CT molecular complexity index is 938. The fraction of sp³-hybridized carbons (Fsp3) is 0.136. The van der Waals surface area contributed by atoms with E-state index in [0.29, 0.717) is 11.6 Å². The van der Waals surface area contributed by atoms with E-state index in [1.165, 1.54) is 5.56 Å². The molecule has 0 aliphatic carbocycles. The first-order valence-corrected chi connectivity index (χ1v) is 10.5. The number of nitrogens with zero attached hydrogens (tertiary/aromatic N) is 1. The summed E-state index contributed by atoms with van der Waals surface area (Å²) in [7, 11) is 0. The molecule has 2 nitrogen and oxygen atoms in total. The normalized spacial score (nSPS) is 11.1. The third kappa shape index (κ3) is 5.68. The molecule has 27 heavy (non-hydrogen) atoms. The second-order valence-corrected chi connectivity index (χ2v) is 8.21. The number of hydrogen-bond donors (Lipinski definition) is 0. The van der Waals surface area contributed by atoms with Gasteiger partial charge in [0.05, 0.1) is 10.2 Å². The molecule has 0 aliphatic heterocycles. The summed E-state index contributed by atoms with van der Waals surface area (Å²) in [4.78, 5) is 4.60. The van der Waals surface area contributed by atoms with Crippen LogP contribution in [0.1, 0.15) is 23.6 Å². The summed E-state index contributed by atoms with van der Waals surface area (Å²) in [5, 5.41) is 0.713. The lowest BCUT2D eigenvalue weighted by Crippen LogP contribution is -1.99. The lowest BCUT2D eigenvalue weighted by molar-refractivity contribution is 0.304. The maximum atomic E-state index is 6.07. The molecule has 138 valence electrons. The van der Waals surface area contributed by atoms with E-state index in [1.54, 1.807) is 0 Å². The zero-order valence-corrected chi connectivity index (χ0v) is 18.7. The SMILES string of the molecule is CCc1ccc(N=Cc2cc(Br)cc(Br)c2OCc2ccc(Cl)cc2)cc1. The van der Waals surface area contributed by atoms with Crippen LogP contribution in [-0.4, -0.2) is 6.21 Å². The summed E-state index contributed by atoms with van der Waals surface area (Å²) >= 11 is 13.1. The Labute approximate surface area is 181 Å². The van der Waals surface area contributed by atoms with Crippen LogP contribution in [0, 0.1) is 0 Å². The molecule has 0 amide bonds. The van der Waals surface area contributed by atoms with Crippen molar-refractivity contribution in [1.29, 1.82) is 0 Å². The molecule has 0 fully saturated rings. The molecule has 3 aromatic carbocycles. The number of aryl methyl sites for hydroxylation is 1. The maximum Gasteiger partial charge on any atom is 0.142 e. The minimum absolute atomic E-state index is 0.448. The van der Waals surface area contributed by atoms with Gasteiger partial charge in [0, 0.05) is 21.3 Å². The molecular weight excluding hydrogens is 490 g/mol. The number of ether oxygens (including phenoxy) is 1. The van der Waals surface area contributed by atoms with E-state index in [2.05, 4.69) is 55.9 Å².